The van der Waals surface area contributed by atoms with E-state index in [4.69, 9.17) is 16.3 Å². The topological polar surface area (TPSA) is 47.0 Å². The van der Waals surface area contributed by atoms with Crippen molar-refractivity contribution in [2.75, 3.05) is 0 Å². The highest BCUT2D eigenvalue weighted by molar-refractivity contribution is 6.30. The zero-order chi connectivity index (χ0) is 13.9. The van der Waals surface area contributed by atoms with Gasteiger partial charge >= 0.3 is 0 Å². The number of rotatable bonds is 5. The Kier molecular flexibility index (Phi) is 3.80. The van der Waals surface area contributed by atoms with Gasteiger partial charge in [-0.15, -0.1) is 5.10 Å². The van der Waals surface area contributed by atoms with Crippen molar-refractivity contribution in [2.24, 2.45) is 0 Å². The van der Waals surface area contributed by atoms with Crippen LogP contribution in [-0.4, -0.2) is 16.2 Å². The standard InChI is InChI=1S/C14H13ClFN3O/c15-12-5-4-11(7-13(12)16)20-14-6-3-10(18-19-14)8-17-9-1-2-9/h3-7,9,17H,1-2,8H2. The third-order valence-electron chi connectivity index (χ3n) is 2.96. The van der Waals surface area contributed by atoms with Crippen molar-refractivity contribution in [1.82, 2.24) is 15.5 Å². The van der Waals surface area contributed by atoms with Crippen LogP contribution in [0.5, 0.6) is 11.6 Å². The largest absolute Gasteiger partial charge is 0.437 e. The zero-order valence-corrected chi connectivity index (χ0v) is 11.4. The Balaban J connectivity index is 1.62. The minimum Gasteiger partial charge on any atom is -0.437 e. The lowest BCUT2D eigenvalue weighted by atomic mass is 10.3. The first kappa shape index (κ1) is 13.3. The number of hydrogen-bond donors (Lipinski definition) is 1. The van der Waals surface area contributed by atoms with Crippen LogP contribution < -0.4 is 10.1 Å². The molecule has 0 spiro atoms. The van der Waals surface area contributed by atoms with E-state index in [-0.39, 0.29) is 5.02 Å². The summed E-state index contributed by atoms with van der Waals surface area (Å²) in [5, 5.41) is 11.4. The van der Waals surface area contributed by atoms with Crippen LogP contribution in [0.2, 0.25) is 5.02 Å². The second kappa shape index (κ2) is 5.73. The van der Waals surface area contributed by atoms with Crippen LogP contribution in [0.4, 0.5) is 4.39 Å². The van der Waals surface area contributed by atoms with Crippen LogP contribution in [0.3, 0.4) is 0 Å². The Labute approximate surface area is 120 Å². The Morgan fingerprint density at radius 1 is 1.25 bits per heavy atom. The van der Waals surface area contributed by atoms with Gasteiger partial charge in [0.15, 0.2) is 0 Å². The summed E-state index contributed by atoms with van der Waals surface area (Å²) in [6.45, 7) is 0.702. The number of hydrogen-bond acceptors (Lipinski definition) is 4. The summed E-state index contributed by atoms with van der Waals surface area (Å²) in [7, 11) is 0. The minimum atomic E-state index is -0.526. The lowest BCUT2D eigenvalue weighted by molar-refractivity contribution is 0.449. The van der Waals surface area contributed by atoms with E-state index in [0.717, 1.165) is 5.69 Å². The lowest BCUT2D eigenvalue weighted by Crippen LogP contribution is -2.16. The van der Waals surface area contributed by atoms with Crippen molar-refractivity contribution in [3.05, 3.63) is 46.9 Å². The smallest absolute Gasteiger partial charge is 0.238 e. The minimum absolute atomic E-state index is 0.0601. The first-order chi connectivity index (χ1) is 9.70. The molecule has 0 bridgehead atoms. The predicted molar refractivity (Wildman–Crippen MR) is 73.4 cm³/mol. The highest BCUT2D eigenvalue weighted by Crippen LogP contribution is 2.24. The molecule has 1 aliphatic rings. The summed E-state index contributed by atoms with van der Waals surface area (Å²) in [6, 6.07) is 8.41. The van der Waals surface area contributed by atoms with E-state index < -0.39 is 5.82 Å². The molecular formula is C14H13ClFN3O. The molecule has 20 heavy (non-hydrogen) atoms. The van der Waals surface area contributed by atoms with Gasteiger partial charge in [-0.25, -0.2) is 4.39 Å². The van der Waals surface area contributed by atoms with Crippen LogP contribution in [-0.2, 0) is 6.54 Å². The molecule has 0 radical (unpaired) electrons. The van der Waals surface area contributed by atoms with E-state index in [9.17, 15) is 4.39 Å². The zero-order valence-electron chi connectivity index (χ0n) is 10.6. The molecule has 1 aromatic heterocycles. The van der Waals surface area contributed by atoms with Gasteiger partial charge < -0.3 is 10.1 Å². The number of ether oxygens (including phenoxy) is 1. The highest BCUT2D eigenvalue weighted by Gasteiger charge is 2.20. The third kappa shape index (κ3) is 3.43. The maximum Gasteiger partial charge on any atom is 0.238 e. The van der Waals surface area contributed by atoms with Crippen LogP contribution in [0.15, 0.2) is 30.3 Å². The van der Waals surface area contributed by atoms with Crippen molar-refractivity contribution >= 4 is 11.6 Å². The van der Waals surface area contributed by atoms with Crippen molar-refractivity contribution in [2.45, 2.75) is 25.4 Å². The summed E-state index contributed by atoms with van der Waals surface area (Å²) in [4.78, 5) is 0. The van der Waals surface area contributed by atoms with Gasteiger partial charge in [0.05, 0.1) is 10.7 Å². The van der Waals surface area contributed by atoms with Gasteiger partial charge in [-0.3, -0.25) is 0 Å². The number of nitrogens with one attached hydrogen (secondary N) is 1. The van der Waals surface area contributed by atoms with Crippen molar-refractivity contribution < 1.29 is 9.13 Å². The molecule has 4 nitrogen and oxygen atoms in total. The fourth-order valence-electron chi connectivity index (χ4n) is 1.69. The molecule has 1 saturated carbocycles. The second-order valence-electron chi connectivity index (χ2n) is 4.70. The Bertz CT molecular complexity index is 602. The number of aromatic nitrogens is 2. The van der Waals surface area contributed by atoms with Gasteiger partial charge in [0, 0.05) is 24.7 Å². The van der Waals surface area contributed by atoms with Crippen LogP contribution in [0.25, 0.3) is 0 Å². The molecule has 6 heteroatoms. The van der Waals surface area contributed by atoms with Crippen LogP contribution in [0.1, 0.15) is 18.5 Å². The average molecular weight is 294 g/mol. The molecule has 1 aliphatic carbocycles. The molecule has 0 aliphatic heterocycles. The molecule has 2 aromatic rings. The van der Waals surface area contributed by atoms with E-state index >= 15 is 0 Å². The Hall–Kier alpha value is -1.72. The van der Waals surface area contributed by atoms with Gasteiger partial charge in [-0.1, -0.05) is 11.6 Å². The van der Waals surface area contributed by atoms with E-state index in [2.05, 4.69) is 15.5 Å². The predicted octanol–water partition coefficient (Wildman–Crippen LogP) is 3.31. The van der Waals surface area contributed by atoms with Gasteiger partial charge in [0.2, 0.25) is 5.88 Å². The van der Waals surface area contributed by atoms with Gasteiger partial charge in [-0.05, 0) is 31.0 Å². The van der Waals surface area contributed by atoms with Crippen molar-refractivity contribution in [3.63, 3.8) is 0 Å². The molecule has 104 valence electrons. The summed E-state index contributed by atoms with van der Waals surface area (Å²) in [5.41, 5.74) is 0.853. The fraction of sp³-hybridized carbons (Fsp3) is 0.286. The maximum atomic E-state index is 13.3. The summed E-state index contributed by atoms with van der Waals surface area (Å²) in [6.07, 6.45) is 2.47. The number of halogens is 2. The summed E-state index contributed by atoms with van der Waals surface area (Å²) >= 11 is 5.60. The molecule has 0 atom stereocenters. The SMILES string of the molecule is Fc1cc(Oc2ccc(CNC3CC3)nn2)ccc1Cl. The molecule has 0 unspecified atom stereocenters. The van der Waals surface area contributed by atoms with Crippen molar-refractivity contribution in [3.8, 4) is 11.6 Å². The van der Waals surface area contributed by atoms with E-state index in [1.54, 1.807) is 12.1 Å². The normalized spacial score (nSPS) is 14.3. The van der Waals surface area contributed by atoms with E-state index in [1.807, 2.05) is 6.07 Å². The maximum absolute atomic E-state index is 13.3. The molecule has 0 amide bonds. The monoisotopic (exact) mass is 293 g/mol. The van der Waals surface area contributed by atoms with Crippen molar-refractivity contribution in [1.29, 1.82) is 0 Å². The first-order valence-electron chi connectivity index (χ1n) is 6.39. The molecular weight excluding hydrogens is 281 g/mol. The van der Waals surface area contributed by atoms with Gasteiger partial charge in [-0.2, -0.15) is 5.10 Å². The molecule has 3 rings (SSSR count). The van der Waals surface area contributed by atoms with Gasteiger partial charge in [0.25, 0.3) is 0 Å². The van der Waals surface area contributed by atoms with Crippen LogP contribution in [0, 0.1) is 5.82 Å². The molecule has 1 heterocycles. The lowest BCUT2D eigenvalue weighted by Gasteiger charge is -2.06. The molecule has 1 N–H and O–H groups in total. The second-order valence-corrected chi connectivity index (χ2v) is 5.10. The summed E-state index contributed by atoms with van der Waals surface area (Å²) in [5.74, 6) is 0.134. The number of benzene rings is 1. The third-order valence-corrected chi connectivity index (χ3v) is 3.26. The molecule has 1 fully saturated rings. The molecule has 0 saturated heterocycles. The van der Waals surface area contributed by atoms with E-state index in [1.165, 1.54) is 25.0 Å². The highest BCUT2D eigenvalue weighted by atomic mass is 35.5. The van der Waals surface area contributed by atoms with Crippen LogP contribution >= 0.6 is 11.6 Å². The van der Waals surface area contributed by atoms with Gasteiger partial charge in [0.1, 0.15) is 11.6 Å². The Morgan fingerprint density at radius 3 is 2.75 bits per heavy atom. The summed E-state index contributed by atoms with van der Waals surface area (Å²) < 4.78 is 18.7. The molecule has 1 aromatic carbocycles. The fourth-order valence-corrected chi connectivity index (χ4v) is 1.81. The number of nitrogens with zero attached hydrogens (tertiary/aromatic N) is 2. The quantitative estimate of drug-likeness (QED) is 0.919. The Morgan fingerprint density at radius 2 is 2.10 bits per heavy atom. The van der Waals surface area contributed by atoms with E-state index in [0.29, 0.717) is 24.2 Å². The first-order valence-corrected chi connectivity index (χ1v) is 6.77. The average Bonchev–Trinajstić information content (AvgIpc) is 3.26.